The Hall–Kier alpha value is -1.89. The lowest BCUT2D eigenvalue weighted by Gasteiger charge is -2.21. The molecule has 1 N–H and O–H groups in total. The number of hydrogen-bond acceptors (Lipinski definition) is 4. The molecule has 1 aromatic heterocycles. The van der Waals surface area contributed by atoms with Gasteiger partial charge in [-0.25, -0.2) is 4.79 Å². The fraction of sp³-hybridized carbons (Fsp3) is 0.615. The molecule has 0 aliphatic carbocycles. The van der Waals surface area contributed by atoms with Gasteiger partial charge in [-0.2, -0.15) is 5.10 Å². The van der Waals surface area contributed by atoms with Crippen LogP contribution in [0.4, 0.5) is 0 Å². The smallest absolute Gasteiger partial charge is 0.326 e. The molecular formula is C13H19N3O4. The number of hydrogen-bond donors (Lipinski definition) is 1. The zero-order valence-corrected chi connectivity index (χ0v) is 11.9. The standard InChI is InChI=1S/C13H19N3O4/c1-8-4-9(2)16(14-8)7-12(17)15-6-10(20-3)5-11(15)13(18)19/h4,10-11H,5-7H2,1-3H3,(H,18,19). The number of aliphatic carboxylic acids is 1. The summed E-state index contributed by atoms with van der Waals surface area (Å²) in [6.45, 7) is 4.08. The van der Waals surface area contributed by atoms with Gasteiger partial charge in [0.1, 0.15) is 12.6 Å². The van der Waals surface area contributed by atoms with E-state index >= 15 is 0 Å². The number of carbonyl (C=O) groups excluding carboxylic acids is 1. The normalized spacial score (nSPS) is 22.2. The average Bonchev–Trinajstić information content (AvgIpc) is 2.93. The van der Waals surface area contributed by atoms with E-state index in [0.717, 1.165) is 11.4 Å². The van der Waals surface area contributed by atoms with E-state index in [1.807, 2.05) is 19.9 Å². The van der Waals surface area contributed by atoms with Gasteiger partial charge >= 0.3 is 5.97 Å². The number of rotatable bonds is 4. The van der Waals surface area contributed by atoms with Crippen molar-refractivity contribution in [2.45, 2.75) is 39.0 Å². The number of carboxylic acids is 1. The Labute approximate surface area is 117 Å². The van der Waals surface area contributed by atoms with Crippen molar-refractivity contribution in [3.63, 3.8) is 0 Å². The number of amides is 1. The molecule has 7 nitrogen and oxygen atoms in total. The predicted octanol–water partition coefficient (Wildman–Crippen LogP) is 0.200. The molecule has 110 valence electrons. The highest BCUT2D eigenvalue weighted by Crippen LogP contribution is 2.21. The summed E-state index contributed by atoms with van der Waals surface area (Å²) in [7, 11) is 1.53. The van der Waals surface area contributed by atoms with E-state index < -0.39 is 12.0 Å². The van der Waals surface area contributed by atoms with Gasteiger partial charge in [-0.15, -0.1) is 0 Å². The van der Waals surface area contributed by atoms with Gasteiger partial charge in [-0.3, -0.25) is 9.48 Å². The van der Waals surface area contributed by atoms with Crippen molar-refractivity contribution in [3.8, 4) is 0 Å². The van der Waals surface area contributed by atoms with Gasteiger partial charge in [-0.1, -0.05) is 0 Å². The molecule has 0 aromatic carbocycles. The van der Waals surface area contributed by atoms with Crippen LogP contribution < -0.4 is 0 Å². The van der Waals surface area contributed by atoms with E-state index in [-0.39, 0.29) is 18.6 Å². The van der Waals surface area contributed by atoms with Gasteiger partial charge < -0.3 is 14.7 Å². The number of methoxy groups -OCH3 is 1. The zero-order chi connectivity index (χ0) is 14.9. The molecule has 20 heavy (non-hydrogen) atoms. The van der Waals surface area contributed by atoms with E-state index in [9.17, 15) is 14.7 Å². The summed E-state index contributed by atoms with van der Waals surface area (Å²) in [5.41, 5.74) is 1.71. The van der Waals surface area contributed by atoms with Gasteiger partial charge in [0.05, 0.1) is 11.8 Å². The van der Waals surface area contributed by atoms with Crippen LogP contribution in [0.2, 0.25) is 0 Å². The molecule has 2 atom stereocenters. The summed E-state index contributed by atoms with van der Waals surface area (Å²) in [6, 6.07) is 1.06. The molecule has 0 spiro atoms. The summed E-state index contributed by atoms with van der Waals surface area (Å²) in [5, 5.41) is 13.4. The van der Waals surface area contributed by atoms with E-state index in [0.29, 0.717) is 13.0 Å². The zero-order valence-electron chi connectivity index (χ0n) is 11.9. The maximum atomic E-state index is 12.3. The third kappa shape index (κ3) is 2.82. The largest absolute Gasteiger partial charge is 0.480 e. The fourth-order valence-corrected chi connectivity index (χ4v) is 2.53. The number of likely N-dealkylation sites (tertiary alicyclic amines) is 1. The molecule has 0 saturated carbocycles. The topological polar surface area (TPSA) is 84.7 Å². The van der Waals surface area contributed by atoms with E-state index in [1.54, 1.807) is 4.68 Å². The Morgan fingerprint density at radius 1 is 1.50 bits per heavy atom. The Morgan fingerprint density at radius 3 is 2.70 bits per heavy atom. The molecule has 7 heteroatoms. The molecule has 2 heterocycles. The highest BCUT2D eigenvalue weighted by atomic mass is 16.5. The van der Waals surface area contributed by atoms with E-state index in [4.69, 9.17) is 4.74 Å². The molecular weight excluding hydrogens is 262 g/mol. The van der Waals surface area contributed by atoms with Crippen LogP contribution in [-0.4, -0.2) is 57.5 Å². The Morgan fingerprint density at radius 2 is 2.20 bits per heavy atom. The molecule has 1 aliphatic rings. The lowest BCUT2D eigenvalue weighted by molar-refractivity contribution is -0.148. The Kier molecular flexibility index (Phi) is 4.08. The summed E-state index contributed by atoms with van der Waals surface area (Å²) in [5.74, 6) is -1.24. The fourth-order valence-electron chi connectivity index (χ4n) is 2.53. The quantitative estimate of drug-likeness (QED) is 0.852. The van der Waals surface area contributed by atoms with Crippen LogP contribution in [0.25, 0.3) is 0 Å². The maximum absolute atomic E-state index is 12.3. The molecule has 0 bridgehead atoms. The van der Waals surface area contributed by atoms with E-state index in [1.165, 1.54) is 12.0 Å². The van der Waals surface area contributed by atoms with Crippen LogP contribution in [0.15, 0.2) is 6.07 Å². The molecule has 0 radical (unpaired) electrons. The first kappa shape index (κ1) is 14.5. The molecule has 2 unspecified atom stereocenters. The molecule has 1 aliphatic heterocycles. The first-order valence-corrected chi connectivity index (χ1v) is 6.48. The molecule has 1 aromatic rings. The van der Waals surface area contributed by atoms with Gasteiger partial charge in [0.25, 0.3) is 0 Å². The van der Waals surface area contributed by atoms with Crippen LogP contribution >= 0.6 is 0 Å². The monoisotopic (exact) mass is 281 g/mol. The van der Waals surface area contributed by atoms with E-state index in [2.05, 4.69) is 5.10 Å². The third-order valence-electron chi connectivity index (χ3n) is 3.59. The highest BCUT2D eigenvalue weighted by Gasteiger charge is 2.39. The minimum Gasteiger partial charge on any atom is -0.480 e. The van der Waals surface area contributed by atoms with Crippen LogP contribution in [0, 0.1) is 13.8 Å². The first-order valence-electron chi connectivity index (χ1n) is 6.48. The lowest BCUT2D eigenvalue weighted by Crippen LogP contribution is -2.42. The van der Waals surface area contributed by atoms with Crippen molar-refractivity contribution >= 4 is 11.9 Å². The second-order valence-electron chi connectivity index (χ2n) is 5.08. The highest BCUT2D eigenvalue weighted by molar-refractivity contribution is 5.84. The predicted molar refractivity (Wildman–Crippen MR) is 70.3 cm³/mol. The third-order valence-corrected chi connectivity index (χ3v) is 3.59. The van der Waals surface area contributed by atoms with Crippen molar-refractivity contribution in [3.05, 3.63) is 17.5 Å². The van der Waals surface area contributed by atoms with Crippen molar-refractivity contribution in [1.82, 2.24) is 14.7 Å². The molecule has 1 saturated heterocycles. The van der Waals surface area contributed by atoms with Gasteiger partial charge in [0.2, 0.25) is 5.91 Å². The number of aromatic nitrogens is 2. The number of aryl methyl sites for hydroxylation is 2. The SMILES string of the molecule is COC1CC(C(=O)O)N(C(=O)Cn2nc(C)cc2C)C1. The van der Waals surface area contributed by atoms with Crippen LogP contribution in [0.1, 0.15) is 17.8 Å². The number of carboxylic acid groups (broad SMARTS) is 1. The van der Waals surface area contributed by atoms with Crippen molar-refractivity contribution < 1.29 is 19.4 Å². The first-order chi connectivity index (χ1) is 9.42. The van der Waals surface area contributed by atoms with Crippen molar-refractivity contribution in [2.24, 2.45) is 0 Å². The Balaban J connectivity index is 2.11. The second kappa shape index (κ2) is 5.62. The minimum absolute atomic E-state index is 0.0554. The number of ether oxygens (including phenoxy) is 1. The number of carbonyl (C=O) groups is 2. The van der Waals surface area contributed by atoms with Gasteiger partial charge in [-0.05, 0) is 19.9 Å². The molecule has 2 rings (SSSR count). The minimum atomic E-state index is -0.994. The summed E-state index contributed by atoms with van der Waals surface area (Å²) < 4.78 is 6.76. The van der Waals surface area contributed by atoms with Crippen LogP contribution in [0.3, 0.4) is 0 Å². The number of nitrogens with zero attached hydrogens (tertiary/aromatic N) is 3. The van der Waals surface area contributed by atoms with Crippen LogP contribution in [-0.2, 0) is 20.9 Å². The lowest BCUT2D eigenvalue weighted by atomic mass is 10.2. The summed E-state index contributed by atoms with van der Waals surface area (Å²) >= 11 is 0. The average molecular weight is 281 g/mol. The van der Waals surface area contributed by atoms with Crippen molar-refractivity contribution in [1.29, 1.82) is 0 Å². The molecule has 1 amide bonds. The molecule has 1 fully saturated rings. The van der Waals surface area contributed by atoms with Crippen LogP contribution in [0.5, 0.6) is 0 Å². The maximum Gasteiger partial charge on any atom is 0.326 e. The van der Waals surface area contributed by atoms with Crippen molar-refractivity contribution in [2.75, 3.05) is 13.7 Å². The summed E-state index contributed by atoms with van der Waals surface area (Å²) in [6.07, 6.45) is 0.106. The summed E-state index contributed by atoms with van der Waals surface area (Å²) in [4.78, 5) is 24.9. The second-order valence-corrected chi connectivity index (χ2v) is 5.08. The van der Waals surface area contributed by atoms with Gasteiger partial charge in [0, 0.05) is 25.8 Å². The van der Waals surface area contributed by atoms with Gasteiger partial charge in [0.15, 0.2) is 0 Å². The Bertz CT molecular complexity index is 526.